The van der Waals surface area contributed by atoms with E-state index >= 15 is 0 Å². The van der Waals surface area contributed by atoms with Gasteiger partial charge in [0.1, 0.15) is 11.6 Å². The molecule has 0 aliphatic heterocycles. The number of nitrogens with zero attached hydrogens (tertiary/aromatic N) is 1. The molecule has 0 N–H and O–H groups in total. The van der Waals surface area contributed by atoms with Gasteiger partial charge in [-0.2, -0.15) is 0 Å². The molecule has 0 fully saturated rings. The van der Waals surface area contributed by atoms with E-state index in [0.29, 0.717) is 10.8 Å². The van der Waals surface area contributed by atoms with Crippen LogP contribution in [0.2, 0.25) is 0 Å². The van der Waals surface area contributed by atoms with Gasteiger partial charge in [-0.25, -0.2) is 4.39 Å². The summed E-state index contributed by atoms with van der Waals surface area (Å²) in [4.78, 5) is 21.2. The van der Waals surface area contributed by atoms with Gasteiger partial charge in [-0.15, -0.1) is 0 Å². The molecule has 0 bridgehead atoms. The van der Waals surface area contributed by atoms with E-state index < -0.39 is 10.7 Å². The number of benzene rings is 2. The van der Waals surface area contributed by atoms with Gasteiger partial charge >= 0.3 is 5.69 Å². The summed E-state index contributed by atoms with van der Waals surface area (Å²) in [5.74, 6) is -0.937. The average molecular weight is 340 g/mol. The number of rotatable bonds is 4. The fourth-order valence-electron chi connectivity index (χ4n) is 1.57. The summed E-state index contributed by atoms with van der Waals surface area (Å²) in [7, 11) is 0. The Morgan fingerprint density at radius 3 is 2.60 bits per heavy atom. The number of ether oxygens (including phenoxy) is 1. The lowest BCUT2D eigenvalue weighted by Crippen LogP contribution is -1.98. The van der Waals surface area contributed by atoms with E-state index in [0.717, 1.165) is 6.07 Å². The summed E-state index contributed by atoms with van der Waals surface area (Å²) in [6.07, 6.45) is 0.299. The molecule has 0 radical (unpaired) electrons. The third-order valence-electron chi connectivity index (χ3n) is 2.49. The Morgan fingerprint density at radius 1 is 1.25 bits per heavy atom. The van der Waals surface area contributed by atoms with E-state index in [1.807, 2.05) is 0 Å². The zero-order chi connectivity index (χ0) is 14.7. The molecule has 20 heavy (non-hydrogen) atoms. The Bertz CT molecular complexity index is 690. The van der Waals surface area contributed by atoms with E-state index in [9.17, 15) is 19.3 Å². The Balaban J connectivity index is 2.53. The molecule has 0 aliphatic rings. The normalized spacial score (nSPS) is 10.1. The number of halogens is 2. The van der Waals surface area contributed by atoms with Gasteiger partial charge in [0.05, 0.1) is 15.0 Å². The first-order valence-electron chi connectivity index (χ1n) is 5.39. The molecule has 0 saturated carbocycles. The molecule has 0 unspecified atom stereocenters. The quantitative estimate of drug-likeness (QED) is 0.477. The fraction of sp³-hybridized carbons (Fsp3) is 0. The maximum atomic E-state index is 13.5. The molecule has 0 spiro atoms. The third-order valence-corrected chi connectivity index (χ3v) is 3.11. The van der Waals surface area contributed by atoms with Crippen LogP contribution in [-0.2, 0) is 0 Å². The number of nitro groups is 1. The molecule has 0 heterocycles. The predicted molar refractivity (Wildman–Crippen MR) is 72.7 cm³/mol. The van der Waals surface area contributed by atoms with Crippen LogP contribution in [0.3, 0.4) is 0 Å². The molecule has 7 heteroatoms. The highest BCUT2D eigenvalue weighted by atomic mass is 79.9. The lowest BCUT2D eigenvalue weighted by Gasteiger charge is -2.10. The number of carbonyl (C=O) groups is 1. The first-order chi connectivity index (χ1) is 9.54. The second-order valence-corrected chi connectivity index (χ2v) is 4.57. The van der Waals surface area contributed by atoms with Crippen LogP contribution in [0.1, 0.15) is 10.4 Å². The van der Waals surface area contributed by atoms with Crippen LogP contribution in [0.5, 0.6) is 11.5 Å². The van der Waals surface area contributed by atoms with E-state index in [4.69, 9.17) is 4.74 Å². The van der Waals surface area contributed by atoms with Gasteiger partial charge in [0.2, 0.25) is 5.75 Å². The van der Waals surface area contributed by atoms with Gasteiger partial charge in [-0.3, -0.25) is 14.9 Å². The maximum absolute atomic E-state index is 13.5. The van der Waals surface area contributed by atoms with E-state index in [-0.39, 0.29) is 22.7 Å². The molecular weight excluding hydrogens is 333 g/mol. The minimum Gasteiger partial charge on any atom is -0.448 e. The second-order valence-electron chi connectivity index (χ2n) is 3.72. The van der Waals surface area contributed by atoms with Crippen molar-refractivity contribution in [1.29, 1.82) is 0 Å². The molecular formula is C13H7BrFNO4. The average Bonchev–Trinajstić information content (AvgIpc) is 2.41. The van der Waals surface area contributed by atoms with Crippen LogP contribution < -0.4 is 4.74 Å². The maximum Gasteiger partial charge on any atom is 0.312 e. The molecule has 0 saturated heterocycles. The van der Waals surface area contributed by atoms with Gasteiger partial charge in [0.15, 0.2) is 6.29 Å². The van der Waals surface area contributed by atoms with Crippen molar-refractivity contribution < 1.29 is 18.8 Å². The number of aldehydes is 1. The Labute approximate surface area is 121 Å². The van der Waals surface area contributed by atoms with Gasteiger partial charge in [-0.05, 0) is 34.1 Å². The van der Waals surface area contributed by atoms with Crippen molar-refractivity contribution in [2.75, 3.05) is 0 Å². The fourth-order valence-corrected chi connectivity index (χ4v) is 2.01. The Kier molecular flexibility index (Phi) is 4.09. The highest BCUT2D eigenvalue weighted by Gasteiger charge is 2.20. The van der Waals surface area contributed by atoms with Crippen molar-refractivity contribution in [3.63, 3.8) is 0 Å². The minimum absolute atomic E-state index is 0.0880. The third kappa shape index (κ3) is 2.67. The Morgan fingerprint density at radius 2 is 1.95 bits per heavy atom. The molecule has 0 aliphatic carbocycles. The molecule has 0 aromatic heterocycles. The summed E-state index contributed by atoms with van der Waals surface area (Å²) < 4.78 is 19.1. The Hall–Kier alpha value is -2.28. The molecule has 2 rings (SSSR count). The van der Waals surface area contributed by atoms with Crippen molar-refractivity contribution in [3.8, 4) is 11.5 Å². The largest absolute Gasteiger partial charge is 0.448 e. The minimum atomic E-state index is -0.757. The summed E-state index contributed by atoms with van der Waals surface area (Å²) in [5.41, 5.74) is -0.585. The van der Waals surface area contributed by atoms with E-state index in [1.165, 1.54) is 24.3 Å². The van der Waals surface area contributed by atoms with Crippen LogP contribution in [0, 0.1) is 15.9 Å². The number of hydrogen-bond acceptors (Lipinski definition) is 4. The first-order valence-corrected chi connectivity index (χ1v) is 6.18. The van der Waals surface area contributed by atoms with Crippen LogP contribution in [0.4, 0.5) is 10.1 Å². The second kappa shape index (κ2) is 5.79. The van der Waals surface area contributed by atoms with Crippen LogP contribution >= 0.6 is 15.9 Å². The van der Waals surface area contributed by atoms with Crippen molar-refractivity contribution in [1.82, 2.24) is 0 Å². The van der Waals surface area contributed by atoms with Crippen molar-refractivity contribution in [2.45, 2.75) is 0 Å². The van der Waals surface area contributed by atoms with Crippen molar-refractivity contribution >= 4 is 27.9 Å². The lowest BCUT2D eigenvalue weighted by molar-refractivity contribution is -0.385. The standard InChI is InChI=1S/C13H7BrFNO4/c14-9-3-1-5-11(16(18)19)13(9)20-12-6-2-4-10(15)8(12)7-17/h1-7H. The van der Waals surface area contributed by atoms with Gasteiger partial charge in [0, 0.05) is 6.07 Å². The monoisotopic (exact) mass is 339 g/mol. The van der Waals surface area contributed by atoms with Crippen molar-refractivity contribution in [3.05, 3.63) is 62.4 Å². The summed E-state index contributed by atoms with van der Waals surface area (Å²) in [6, 6.07) is 8.07. The highest BCUT2D eigenvalue weighted by molar-refractivity contribution is 9.10. The van der Waals surface area contributed by atoms with Gasteiger partial charge in [0.25, 0.3) is 0 Å². The summed E-state index contributed by atoms with van der Waals surface area (Å²) >= 11 is 3.13. The highest BCUT2D eigenvalue weighted by Crippen LogP contribution is 2.38. The number of para-hydroxylation sites is 1. The number of carbonyl (C=O) groups excluding carboxylic acids is 1. The zero-order valence-electron chi connectivity index (χ0n) is 9.88. The first kappa shape index (κ1) is 14.1. The molecule has 5 nitrogen and oxygen atoms in total. The van der Waals surface area contributed by atoms with Crippen LogP contribution in [0.25, 0.3) is 0 Å². The molecule has 2 aromatic rings. The van der Waals surface area contributed by atoms with Gasteiger partial charge < -0.3 is 4.74 Å². The predicted octanol–water partition coefficient (Wildman–Crippen LogP) is 4.10. The molecule has 2 aromatic carbocycles. The van der Waals surface area contributed by atoms with E-state index in [1.54, 1.807) is 6.07 Å². The SMILES string of the molecule is O=Cc1c(F)cccc1Oc1c(Br)cccc1[N+](=O)[O-]. The van der Waals surface area contributed by atoms with Crippen molar-refractivity contribution in [2.24, 2.45) is 0 Å². The zero-order valence-corrected chi connectivity index (χ0v) is 11.5. The van der Waals surface area contributed by atoms with Crippen LogP contribution in [-0.4, -0.2) is 11.2 Å². The molecule has 0 atom stereocenters. The molecule has 0 amide bonds. The molecule has 102 valence electrons. The number of hydrogen-bond donors (Lipinski definition) is 0. The summed E-state index contributed by atoms with van der Waals surface area (Å²) in [6.45, 7) is 0. The number of nitro benzene ring substituents is 1. The topological polar surface area (TPSA) is 69.4 Å². The smallest absolute Gasteiger partial charge is 0.312 e. The van der Waals surface area contributed by atoms with E-state index in [2.05, 4.69) is 15.9 Å². The summed E-state index contributed by atoms with van der Waals surface area (Å²) in [5, 5.41) is 10.9. The lowest BCUT2D eigenvalue weighted by atomic mass is 10.2. The van der Waals surface area contributed by atoms with Crippen LogP contribution in [0.15, 0.2) is 40.9 Å². The van der Waals surface area contributed by atoms with Gasteiger partial charge in [-0.1, -0.05) is 12.1 Å².